The maximum Gasteiger partial charge on any atom is 0.335 e. The molecule has 1 atom stereocenters. The molecule has 1 aliphatic rings. The van der Waals surface area contributed by atoms with Crippen molar-refractivity contribution in [1.82, 2.24) is 5.32 Å². The smallest absolute Gasteiger partial charge is 0.335 e. The Bertz CT molecular complexity index is 561. The van der Waals surface area contributed by atoms with Crippen LogP contribution in [0, 0.1) is 0 Å². The second-order valence-electron chi connectivity index (χ2n) is 4.69. The van der Waals surface area contributed by atoms with Gasteiger partial charge < -0.3 is 19.9 Å². The fourth-order valence-electron chi connectivity index (χ4n) is 2.12. The van der Waals surface area contributed by atoms with Crippen molar-refractivity contribution in [2.24, 2.45) is 0 Å². The zero-order valence-electron chi connectivity index (χ0n) is 11.5. The van der Waals surface area contributed by atoms with Crippen LogP contribution in [0.5, 0.6) is 11.5 Å². The fourth-order valence-corrected chi connectivity index (χ4v) is 2.38. The van der Waals surface area contributed by atoms with E-state index in [1.807, 2.05) is 0 Å². The summed E-state index contributed by atoms with van der Waals surface area (Å²) in [6.45, 7) is 0.627. The molecule has 2 rings (SSSR count). The standard InChI is InChI=1S/C14H16ClNO5/c1-20-11-7-8(14(18)19)6-9(15)12(11)21-10-4-2-3-5-16-13(10)17/h6-7,10H,2-5H2,1H3,(H,16,17)(H,18,19). The Labute approximate surface area is 127 Å². The number of amides is 1. The van der Waals surface area contributed by atoms with Crippen LogP contribution in [0.15, 0.2) is 12.1 Å². The molecule has 1 amide bonds. The molecule has 0 spiro atoms. The lowest BCUT2D eigenvalue weighted by Gasteiger charge is -2.19. The number of carbonyl (C=O) groups excluding carboxylic acids is 1. The highest BCUT2D eigenvalue weighted by Crippen LogP contribution is 2.37. The SMILES string of the molecule is COc1cc(C(=O)O)cc(Cl)c1OC1CCCCNC1=O. The van der Waals surface area contributed by atoms with E-state index in [0.717, 1.165) is 12.8 Å². The number of carboxylic acids is 1. The molecule has 0 radical (unpaired) electrons. The molecular formula is C14H16ClNO5. The maximum absolute atomic E-state index is 11.9. The minimum Gasteiger partial charge on any atom is -0.493 e. The first kappa shape index (κ1) is 15.4. The van der Waals surface area contributed by atoms with Gasteiger partial charge in [-0.15, -0.1) is 0 Å². The molecule has 6 nitrogen and oxygen atoms in total. The molecule has 21 heavy (non-hydrogen) atoms. The average Bonchev–Trinajstić information content (AvgIpc) is 2.65. The van der Waals surface area contributed by atoms with E-state index in [9.17, 15) is 9.59 Å². The van der Waals surface area contributed by atoms with E-state index in [4.69, 9.17) is 26.2 Å². The van der Waals surface area contributed by atoms with E-state index >= 15 is 0 Å². The Kier molecular flexibility index (Phi) is 4.90. The summed E-state index contributed by atoms with van der Waals surface area (Å²) in [6.07, 6.45) is 1.67. The zero-order chi connectivity index (χ0) is 15.4. The highest BCUT2D eigenvalue weighted by Gasteiger charge is 2.25. The number of nitrogens with one attached hydrogen (secondary N) is 1. The molecule has 1 heterocycles. The molecular weight excluding hydrogens is 298 g/mol. The van der Waals surface area contributed by atoms with Gasteiger partial charge in [-0.2, -0.15) is 0 Å². The Balaban J connectivity index is 2.30. The molecule has 1 aliphatic heterocycles. The number of carboxylic acid groups (broad SMARTS) is 1. The van der Waals surface area contributed by atoms with Crippen LogP contribution < -0.4 is 14.8 Å². The topological polar surface area (TPSA) is 84.9 Å². The van der Waals surface area contributed by atoms with Crippen molar-refractivity contribution in [2.45, 2.75) is 25.4 Å². The predicted molar refractivity (Wildman–Crippen MR) is 76.2 cm³/mol. The molecule has 1 fully saturated rings. The van der Waals surface area contributed by atoms with Crippen LogP contribution in [0.4, 0.5) is 0 Å². The van der Waals surface area contributed by atoms with E-state index in [1.54, 1.807) is 0 Å². The zero-order valence-corrected chi connectivity index (χ0v) is 12.3. The number of hydrogen-bond donors (Lipinski definition) is 2. The van der Waals surface area contributed by atoms with Crippen molar-refractivity contribution in [3.05, 3.63) is 22.7 Å². The third kappa shape index (κ3) is 3.58. The maximum atomic E-state index is 11.9. The first-order valence-electron chi connectivity index (χ1n) is 6.58. The summed E-state index contributed by atoms with van der Waals surface area (Å²) >= 11 is 6.07. The molecule has 0 aliphatic carbocycles. The number of hydrogen-bond acceptors (Lipinski definition) is 4. The molecule has 0 aromatic heterocycles. The highest BCUT2D eigenvalue weighted by molar-refractivity contribution is 6.32. The third-order valence-electron chi connectivity index (χ3n) is 3.22. The Morgan fingerprint density at radius 2 is 2.19 bits per heavy atom. The van der Waals surface area contributed by atoms with Crippen LogP contribution in [0.1, 0.15) is 29.6 Å². The summed E-state index contributed by atoms with van der Waals surface area (Å²) in [5, 5.41) is 11.9. The van der Waals surface area contributed by atoms with Crippen molar-refractivity contribution in [3.63, 3.8) is 0 Å². The average molecular weight is 314 g/mol. The molecule has 0 saturated carbocycles. The van der Waals surface area contributed by atoms with Crippen molar-refractivity contribution >= 4 is 23.5 Å². The lowest BCUT2D eigenvalue weighted by molar-refractivity contribution is -0.127. The van der Waals surface area contributed by atoms with E-state index < -0.39 is 12.1 Å². The van der Waals surface area contributed by atoms with Gasteiger partial charge in [0.25, 0.3) is 5.91 Å². The lowest BCUT2D eigenvalue weighted by atomic mass is 10.1. The van der Waals surface area contributed by atoms with Crippen LogP contribution in [-0.4, -0.2) is 36.7 Å². The number of aromatic carboxylic acids is 1. The van der Waals surface area contributed by atoms with Gasteiger partial charge in [0, 0.05) is 6.54 Å². The minimum absolute atomic E-state index is 0.00508. The van der Waals surface area contributed by atoms with Crippen LogP contribution in [0.3, 0.4) is 0 Å². The molecule has 1 saturated heterocycles. The van der Waals surface area contributed by atoms with Gasteiger partial charge in [0.2, 0.25) is 0 Å². The van der Waals surface area contributed by atoms with Gasteiger partial charge in [-0.3, -0.25) is 4.79 Å². The van der Waals surface area contributed by atoms with Crippen molar-refractivity contribution < 1.29 is 24.2 Å². The predicted octanol–water partition coefficient (Wildman–Crippen LogP) is 2.09. The van der Waals surface area contributed by atoms with Crippen LogP contribution in [-0.2, 0) is 4.79 Å². The molecule has 1 aromatic rings. The van der Waals surface area contributed by atoms with E-state index in [0.29, 0.717) is 13.0 Å². The van der Waals surface area contributed by atoms with Gasteiger partial charge in [0.15, 0.2) is 17.6 Å². The van der Waals surface area contributed by atoms with E-state index in [-0.39, 0.29) is 28.0 Å². The quantitative estimate of drug-likeness (QED) is 0.889. The van der Waals surface area contributed by atoms with Gasteiger partial charge >= 0.3 is 5.97 Å². The highest BCUT2D eigenvalue weighted by atomic mass is 35.5. The van der Waals surface area contributed by atoms with Crippen molar-refractivity contribution in [3.8, 4) is 11.5 Å². The molecule has 114 valence electrons. The third-order valence-corrected chi connectivity index (χ3v) is 3.50. The summed E-state index contributed by atoms with van der Waals surface area (Å²) in [6, 6.07) is 2.59. The first-order chi connectivity index (χ1) is 10.0. The number of halogens is 1. The van der Waals surface area contributed by atoms with Crippen LogP contribution in [0.2, 0.25) is 5.02 Å². The van der Waals surface area contributed by atoms with Gasteiger partial charge in [-0.1, -0.05) is 11.6 Å². The molecule has 1 unspecified atom stereocenters. The Hall–Kier alpha value is -1.95. The fraction of sp³-hybridized carbons (Fsp3) is 0.429. The van der Waals surface area contributed by atoms with E-state index in [1.165, 1.54) is 19.2 Å². The van der Waals surface area contributed by atoms with Crippen molar-refractivity contribution in [2.75, 3.05) is 13.7 Å². The molecule has 0 bridgehead atoms. The normalized spacial score (nSPS) is 18.6. The van der Waals surface area contributed by atoms with Gasteiger partial charge in [0.05, 0.1) is 17.7 Å². The second kappa shape index (κ2) is 6.67. The molecule has 7 heteroatoms. The summed E-state index contributed by atoms with van der Waals surface area (Å²) in [5.41, 5.74) is -0.00508. The minimum atomic E-state index is -1.12. The summed E-state index contributed by atoms with van der Waals surface area (Å²) in [5.74, 6) is -0.940. The van der Waals surface area contributed by atoms with Crippen LogP contribution >= 0.6 is 11.6 Å². The summed E-state index contributed by atoms with van der Waals surface area (Å²) in [7, 11) is 1.39. The van der Waals surface area contributed by atoms with Gasteiger partial charge in [-0.05, 0) is 31.4 Å². The molecule has 2 N–H and O–H groups in total. The Morgan fingerprint density at radius 3 is 2.86 bits per heavy atom. The number of carbonyl (C=O) groups is 2. The first-order valence-corrected chi connectivity index (χ1v) is 6.96. The van der Waals surface area contributed by atoms with Gasteiger partial charge in [0.1, 0.15) is 0 Å². The monoisotopic (exact) mass is 313 g/mol. The largest absolute Gasteiger partial charge is 0.493 e. The summed E-state index contributed by atoms with van der Waals surface area (Å²) in [4.78, 5) is 22.9. The van der Waals surface area contributed by atoms with Crippen LogP contribution in [0.25, 0.3) is 0 Å². The molecule has 1 aromatic carbocycles. The second-order valence-corrected chi connectivity index (χ2v) is 5.10. The lowest BCUT2D eigenvalue weighted by Crippen LogP contribution is -2.36. The number of rotatable bonds is 4. The Morgan fingerprint density at radius 1 is 1.43 bits per heavy atom. The number of benzene rings is 1. The van der Waals surface area contributed by atoms with Gasteiger partial charge in [-0.25, -0.2) is 4.79 Å². The van der Waals surface area contributed by atoms with Crippen molar-refractivity contribution in [1.29, 1.82) is 0 Å². The number of ether oxygens (including phenoxy) is 2. The summed E-state index contributed by atoms with van der Waals surface area (Å²) < 4.78 is 10.8. The number of methoxy groups -OCH3 is 1. The van der Waals surface area contributed by atoms with E-state index in [2.05, 4.69) is 5.32 Å².